The van der Waals surface area contributed by atoms with Crippen LogP contribution in [0, 0.1) is 11.8 Å². The zero-order chi connectivity index (χ0) is 7.72. The highest BCUT2D eigenvalue weighted by atomic mass is 35.5. The molecule has 4 heteroatoms. The van der Waals surface area contributed by atoms with Crippen molar-refractivity contribution in [1.82, 2.24) is 0 Å². The van der Waals surface area contributed by atoms with E-state index in [1.165, 1.54) is 11.8 Å². The van der Waals surface area contributed by atoms with Crippen LogP contribution in [0.15, 0.2) is 0 Å². The molecule has 0 aromatic rings. The summed E-state index contributed by atoms with van der Waals surface area (Å²) in [5.41, 5.74) is 0. The van der Waals surface area contributed by atoms with Crippen molar-refractivity contribution in [2.24, 2.45) is 11.8 Å². The first-order valence-corrected chi connectivity index (χ1v) is 4.65. The Kier molecular flexibility index (Phi) is 2.81. The fourth-order valence-corrected chi connectivity index (χ4v) is 2.77. The number of rotatable bonds is 1. The summed E-state index contributed by atoms with van der Waals surface area (Å²) in [6.45, 7) is 1.79. The molecule has 0 amide bonds. The van der Waals surface area contributed by atoms with Crippen LogP contribution in [0.5, 0.6) is 0 Å². The summed E-state index contributed by atoms with van der Waals surface area (Å²) in [5.74, 6) is -0.0355. The highest BCUT2D eigenvalue weighted by molar-refractivity contribution is 8.01. The van der Waals surface area contributed by atoms with E-state index in [2.05, 4.69) is 0 Å². The smallest absolute Gasteiger partial charge is 0.210 e. The van der Waals surface area contributed by atoms with E-state index in [0.29, 0.717) is 5.75 Å². The molecule has 0 spiro atoms. The van der Waals surface area contributed by atoms with E-state index in [9.17, 15) is 8.78 Å². The topological polar surface area (TPSA) is 0 Å². The van der Waals surface area contributed by atoms with Gasteiger partial charge in [-0.15, -0.1) is 23.4 Å². The fourth-order valence-electron chi connectivity index (χ4n) is 1.00. The molecule has 1 heterocycles. The zero-order valence-electron chi connectivity index (χ0n) is 5.56. The van der Waals surface area contributed by atoms with Gasteiger partial charge in [0.15, 0.2) is 0 Å². The van der Waals surface area contributed by atoms with Gasteiger partial charge in [-0.05, 0) is 5.92 Å². The molecule has 60 valence electrons. The molecule has 0 nitrogen and oxygen atoms in total. The van der Waals surface area contributed by atoms with Gasteiger partial charge in [0.05, 0.1) is 4.71 Å². The Hall–Kier alpha value is 0.500. The van der Waals surface area contributed by atoms with Gasteiger partial charge in [-0.2, -0.15) is 0 Å². The summed E-state index contributed by atoms with van der Waals surface area (Å²) < 4.78 is 24.1. The molecule has 0 saturated carbocycles. The number of thioether (sulfide) groups is 1. The first kappa shape index (κ1) is 8.60. The zero-order valence-corrected chi connectivity index (χ0v) is 7.13. The molecule has 1 fully saturated rings. The molecule has 0 aliphatic carbocycles. The lowest BCUT2D eigenvalue weighted by Gasteiger charge is -2.13. The molecular formula is C6H9ClF2S. The SMILES string of the molecule is CC1C(Cl)SCC1C(F)F. The molecule has 0 aromatic heterocycles. The summed E-state index contributed by atoms with van der Waals surface area (Å²) in [5, 5.41) is 0. The summed E-state index contributed by atoms with van der Waals surface area (Å²) in [4.78, 5) is 0. The lowest BCUT2D eigenvalue weighted by molar-refractivity contribution is 0.0685. The molecule has 3 atom stereocenters. The third kappa shape index (κ3) is 1.56. The van der Waals surface area contributed by atoms with Crippen molar-refractivity contribution >= 4 is 23.4 Å². The molecule has 10 heavy (non-hydrogen) atoms. The number of halogens is 3. The lowest BCUT2D eigenvalue weighted by Crippen LogP contribution is -2.19. The van der Waals surface area contributed by atoms with Crippen molar-refractivity contribution in [2.75, 3.05) is 5.75 Å². The monoisotopic (exact) mass is 186 g/mol. The van der Waals surface area contributed by atoms with E-state index in [0.717, 1.165) is 0 Å². The number of alkyl halides is 3. The summed E-state index contributed by atoms with van der Waals surface area (Å²) in [7, 11) is 0. The maximum Gasteiger partial charge on any atom is 0.242 e. The lowest BCUT2D eigenvalue weighted by atomic mass is 9.99. The van der Waals surface area contributed by atoms with Crippen LogP contribution in [-0.2, 0) is 0 Å². The first-order chi connectivity index (χ1) is 4.63. The molecule has 0 radical (unpaired) electrons. The van der Waals surface area contributed by atoms with Gasteiger partial charge in [-0.25, -0.2) is 8.78 Å². The Balaban J connectivity index is 2.49. The molecule has 1 rings (SSSR count). The van der Waals surface area contributed by atoms with E-state index in [4.69, 9.17) is 11.6 Å². The number of hydrogen-bond donors (Lipinski definition) is 0. The fraction of sp³-hybridized carbons (Fsp3) is 1.00. The predicted molar refractivity (Wildman–Crippen MR) is 40.8 cm³/mol. The second-order valence-corrected chi connectivity index (χ2v) is 4.45. The molecule has 0 aromatic carbocycles. The van der Waals surface area contributed by atoms with Gasteiger partial charge in [-0.1, -0.05) is 6.92 Å². The van der Waals surface area contributed by atoms with Crippen LogP contribution >= 0.6 is 23.4 Å². The van der Waals surface area contributed by atoms with Crippen LogP contribution in [0.1, 0.15) is 6.92 Å². The van der Waals surface area contributed by atoms with Gasteiger partial charge in [0, 0.05) is 11.7 Å². The Morgan fingerprint density at radius 1 is 1.60 bits per heavy atom. The largest absolute Gasteiger partial charge is 0.242 e. The van der Waals surface area contributed by atoms with Crippen LogP contribution < -0.4 is 0 Å². The number of hydrogen-bond acceptors (Lipinski definition) is 1. The van der Waals surface area contributed by atoms with E-state index in [1.54, 1.807) is 6.92 Å². The quantitative estimate of drug-likeness (QED) is 0.568. The second kappa shape index (κ2) is 3.26. The average Bonchev–Trinajstić information content (AvgIpc) is 2.14. The Bertz CT molecular complexity index is 120. The molecular weight excluding hydrogens is 178 g/mol. The molecule has 0 N–H and O–H groups in total. The molecule has 1 aliphatic rings. The van der Waals surface area contributed by atoms with Crippen LogP contribution in [0.2, 0.25) is 0 Å². The van der Waals surface area contributed by atoms with Crippen LogP contribution in [-0.4, -0.2) is 16.9 Å². The third-order valence-electron chi connectivity index (χ3n) is 1.86. The summed E-state index contributed by atoms with van der Waals surface area (Å²) >= 11 is 7.16. The maximum atomic E-state index is 12.1. The second-order valence-electron chi connectivity index (χ2n) is 2.54. The van der Waals surface area contributed by atoms with Gasteiger partial charge in [0.25, 0.3) is 0 Å². The van der Waals surface area contributed by atoms with Gasteiger partial charge < -0.3 is 0 Å². The third-order valence-corrected chi connectivity index (χ3v) is 3.96. The predicted octanol–water partition coefficient (Wildman–Crippen LogP) is 2.82. The van der Waals surface area contributed by atoms with Crippen molar-refractivity contribution in [3.8, 4) is 0 Å². The van der Waals surface area contributed by atoms with Crippen LogP contribution in [0.4, 0.5) is 8.78 Å². The average molecular weight is 187 g/mol. The highest BCUT2D eigenvalue weighted by Gasteiger charge is 2.37. The Morgan fingerprint density at radius 3 is 2.40 bits per heavy atom. The van der Waals surface area contributed by atoms with Crippen molar-refractivity contribution < 1.29 is 8.78 Å². The van der Waals surface area contributed by atoms with Crippen molar-refractivity contribution in [3.05, 3.63) is 0 Å². The Labute approximate surface area is 68.3 Å². The molecule has 1 saturated heterocycles. The molecule has 3 unspecified atom stereocenters. The standard InChI is InChI=1S/C6H9ClF2S/c1-3-4(6(8)9)2-10-5(3)7/h3-6H,2H2,1H3. The van der Waals surface area contributed by atoms with Crippen LogP contribution in [0.25, 0.3) is 0 Å². The van der Waals surface area contributed by atoms with Crippen molar-refractivity contribution in [2.45, 2.75) is 18.1 Å². The van der Waals surface area contributed by atoms with Gasteiger partial charge in [-0.3, -0.25) is 0 Å². The minimum atomic E-state index is -2.20. The molecule has 0 bridgehead atoms. The first-order valence-electron chi connectivity index (χ1n) is 3.16. The van der Waals surface area contributed by atoms with Gasteiger partial charge in [0.1, 0.15) is 0 Å². The van der Waals surface area contributed by atoms with Crippen molar-refractivity contribution in [1.29, 1.82) is 0 Å². The minimum Gasteiger partial charge on any atom is -0.210 e. The van der Waals surface area contributed by atoms with E-state index < -0.39 is 12.3 Å². The van der Waals surface area contributed by atoms with Crippen LogP contribution in [0.3, 0.4) is 0 Å². The minimum absolute atomic E-state index is 0.0494. The van der Waals surface area contributed by atoms with Gasteiger partial charge >= 0.3 is 0 Å². The van der Waals surface area contributed by atoms with Gasteiger partial charge in [0.2, 0.25) is 6.43 Å². The maximum absolute atomic E-state index is 12.1. The van der Waals surface area contributed by atoms with E-state index in [1.807, 2.05) is 0 Å². The summed E-state index contributed by atoms with van der Waals surface area (Å²) in [6.07, 6.45) is -2.20. The molecule has 1 aliphatic heterocycles. The van der Waals surface area contributed by atoms with E-state index in [-0.39, 0.29) is 10.6 Å². The van der Waals surface area contributed by atoms with E-state index >= 15 is 0 Å². The normalized spacial score (nSPS) is 41.1. The van der Waals surface area contributed by atoms with Crippen molar-refractivity contribution in [3.63, 3.8) is 0 Å². The Morgan fingerprint density at radius 2 is 2.20 bits per heavy atom. The highest BCUT2D eigenvalue weighted by Crippen LogP contribution is 2.41. The summed E-state index contributed by atoms with van der Waals surface area (Å²) in [6, 6.07) is 0.